The Kier molecular flexibility index (Phi) is 6.09. The third-order valence-electron chi connectivity index (χ3n) is 4.68. The van der Waals surface area contributed by atoms with E-state index in [2.05, 4.69) is 37.4 Å². The lowest BCUT2D eigenvalue weighted by Crippen LogP contribution is -2.22. The first-order valence-electron chi connectivity index (χ1n) is 9.93. The number of alkyl halides is 3. The molecule has 1 fully saturated rings. The van der Waals surface area contributed by atoms with Gasteiger partial charge in [0.2, 0.25) is 16.0 Å². The van der Waals surface area contributed by atoms with Crippen molar-refractivity contribution in [2.75, 3.05) is 17.2 Å². The maximum atomic E-state index is 12.8. The second kappa shape index (κ2) is 8.84. The number of pyridine rings is 1. The third-order valence-corrected chi connectivity index (χ3v) is 5.61. The maximum absolute atomic E-state index is 12.8. The van der Waals surface area contributed by atoms with Crippen molar-refractivity contribution in [2.45, 2.75) is 30.5 Å². The molecule has 0 spiro atoms. The molecule has 2 aromatic heterocycles. The van der Waals surface area contributed by atoms with E-state index in [1.807, 2.05) is 0 Å². The highest BCUT2D eigenvalue weighted by Gasteiger charge is 2.27. The lowest BCUT2D eigenvalue weighted by Gasteiger charge is -2.13. The summed E-state index contributed by atoms with van der Waals surface area (Å²) in [6.45, 7) is -1.08. The molecule has 1 saturated carbocycles. The first kappa shape index (κ1) is 22.8. The van der Waals surface area contributed by atoms with E-state index >= 15 is 0 Å². The normalized spacial score (nSPS) is 13.9. The van der Waals surface area contributed by atoms with E-state index in [1.54, 1.807) is 24.3 Å². The Bertz CT molecular complexity index is 1340. The molecular weight excluding hydrogens is 457 g/mol. The number of aromatic nitrogens is 3. The Balaban J connectivity index is 1.59. The van der Waals surface area contributed by atoms with Gasteiger partial charge in [0.15, 0.2) is 5.82 Å². The molecular formula is C21H19F3N6O2S. The first-order chi connectivity index (χ1) is 15.6. The first-order valence-corrected chi connectivity index (χ1v) is 11.5. The molecule has 12 heteroatoms. The molecule has 0 radical (unpaired) electrons. The zero-order valence-corrected chi connectivity index (χ0v) is 18.0. The molecule has 0 unspecified atom stereocenters. The fourth-order valence-corrected chi connectivity index (χ4v) is 3.37. The molecule has 33 heavy (non-hydrogen) atoms. The number of nitrogens with zero attached hydrogens (tertiary/aromatic N) is 3. The van der Waals surface area contributed by atoms with Crippen LogP contribution in [0, 0.1) is 17.8 Å². The summed E-state index contributed by atoms with van der Waals surface area (Å²) >= 11 is 0. The molecule has 0 bridgehead atoms. The van der Waals surface area contributed by atoms with Crippen LogP contribution in [0.3, 0.4) is 0 Å². The number of sulfonamides is 1. The SMILES string of the molecule is NS(=O)(=O)c1ccc(CNc2nc(NCC(F)(F)F)c3nc(C#CC4CC4)ccc3n2)cc1. The number of fused-ring (bicyclic) bond motifs is 1. The Hall–Kier alpha value is -3.43. The molecule has 172 valence electrons. The van der Waals surface area contributed by atoms with Gasteiger partial charge in [0.25, 0.3) is 0 Å². The minimum Gasteiger partial charge on any atom is -0.359 e. The monoisotopic (exact) mass is 476 g/mol. The van der Waals surface area contributed by atoms with Crippen LogP contribution in [0.15, 0.2) is 41.3 Å². The van der Waals surface area contributed by atoms with Crippen molar-refractivity contribution in [1.82, 2.24) is 15.0 Å². The Morgan fingerprint density at radius 3 is 2.39 bits per heavy atom. The number of nitrogens with one attached hydrogen (secondary N) is 2. The van der Waals surface area contributed by atoms with E-state index in [1.165, 1.54) is 12.1 Å². The molecule has 0 aliphatic heterocycles. The van der Waals surface area contributed by atoms with E-state index in [0.717, 1.165) is 12.8 Å². The van der Waals surface area contributed by atoms with Gasteiger partial charge in [-0.1, -0.05) is 18.1 Å². The molecule has 2 heterocycles. The second-order valence-electron chi connectivity index (χ2n) is 7.51. The largest absolute Gasteiger partial charge is 0.405 e. The lowest BCUT2D eigenvalue weighted by molar-refractivity contribution is -0.115. The number of anilines is 2. The Morgan fingerprint density at radius 2 is 1.76 bits per heavy atom. The van der Waals surface area contributed by atoms with Crippen molar-refractivity contribution in [3.8, 4) is 11.8 Å². The van der Waals surface area contributed by atoms with Crippen molar-refractivity contribution >= 4 is 32.8 Å². The lowest BCUT2D eigenvalue weighted by atomic mass is 10.2. The van der Waals surface area contributed by atoms with Gasteiger partial charge in [-0.05, 0) is 48.6 Å². The summed E-state index contributed by atoms with van der Waals surface area (Å²) < 4.78 is 61.1. The zero-order valence-electron chi connectivity index (χ0n) is 17.1. The van der Waals surface area contributed by atoms with Crippen LogP contribution in [0.5, 0.6) is 0 Å². The van der Waals surface area contributed by atoms with Crippen LogP contribution in [0.25, 0.3) is 11.0 Å². The van der Waals surface area contributed by atoms with E-state index in [9.17, 15) is 21.6 Å². The highest BCUT2D eigenvalue weighted by Crippen LogP contribution is 2.28. The van der Waals surface area contributed by atoms with Crippen LogP contribution in [0.4, 0.5) is 24.9 Å². The van der Waals surface area contributed by atoms with Crippen molar-refractivity contribution in [1.29, 1.82) is 0 Å². The van der Waals surface area contributed by atoms with Gasteiger partial charge in [0, 0.05) is 12.5 Å². The molecule has 8 nitrogen and oxygen atoms in total. The van der Waals surface area contributed by atoms with Crippen LogP contribution < -0.4 is 15.8 Å². The minimum absolute atomic E-state index is 0.0292. The van der Waals surface area contributed by atoms with Gasteiger partial charge in [-0.3, -0.25) is 0 Å². The van der Waals surface area contributed by atoms with Gasteiger partial charge in [-0.2, -0.15) is 18.2 Å². The van der Waals surface area contributed by atoms with Crippen molar-refractivity contribution in [3.63, 3.8) is 0 Å². The summed E-state index contributed by atoms with van der Waals surface area (Å²) in [5.74, 6) is 6.37. The van der Waals surface area contributed by atoms with Crippen LogP contribution in [0.2, 0.25) is 0 Å². The summed E-state index contributed by atoms with van der Waals surface area (Å²) in [4.78, 5) is 12.8. The quantitative estimate of drug-likeness (QED) is 0.468. The summed E-state index contributed by atoms with van der Waals surface area (Å²) in [6.07, 6.45) is -2.36. The topological polar surface area (TPSA) is 123 Å². The van der Waals surface area contributed by atoms with Crippen LogP contribution >= 0.6 is 0 Å². The molecule has 1 aromatic carbocycles. The van der Waals surface area contributed by atoms with Crippen LogP contribution in [0.1, 0.15) is 24.1 Å². The van der Waals surface area contributed by atoms with E-state index < -0.39 is 22.7 Å². The smallest absolute Gasteiger partial charge is 0.359 e. The summed E-state index contributed by atoms with van der Waals surface area (Å²) in [7, 11) is -3.81. The van der Waals surface area contributed by atoms with Gasteiger partial charge in [0.05, 0.1) is 10.4 Å². The molecule has 0 atom stereocenters. The number of nitrogens with two attached hydrogens (primary N) is 1. The molecule has 0 saturated heterocycles. The van der Waals surface area contributed by atoms with E-state index in [4.69, 9.17) is 5.14 Å². The molecule has 0 amide bonds. The van der Waals surface area contributed by atoms with Gasteiger partial charge in [-0.25, -0.2) is 23.5 Å². The number of hydrogen-bond acceptors (Lipinski definition) is 7. The van der Waals surface area contributed by atoms with Crippen molar-refractivity contribution in [2.24, 2.45) is 11.1 Å². The van der Waals surface area contributed by atoms with E-state index in [0.29, 0.717) is 22.7 Å². The average Bonchev–Trinajstić information content (AvgIpc) is 3.58. The van der Waals surface area contributed by atoms with Gasteiger partial charge >= 0.3 is 6.18 Å². The number of halogens is 3. The molecule has 1 aliphatic rings. The second-order valence-corrected chi connectivity index (χ2v) is 9.08. The number of hydrogen-bond donors (Lipinski definition) is 3. The van der Waals surface area contributed by atoms with Gasteiger partial charge in [-0.15, -0.1) is 0 Å². The van der Waals surface area contributed by atoms with Crippen molar-refractivity contribution < 1.29 is 21.6 Å². The number of primary sulfonamides is 1. The van der Waals surface area contributed by atoms with E-state index in [-0.39, 0.29) is 28.7 Å². The minimum atomic E-state index is -4.45. The fraction of sp³-hybridized carbons (Fsp3) is 0.286. The summed E-state index contributed by atoms with van der Waals surface area (Å²) in [6, 6.07) is 9.13. The molecule has 1 aliphatic carbocycles. The zero-order chi connectivity index (χ0) is 23.6. The van der Waals surface area contributed by atoms with Gasteiger partial charge < -0.3 is 10.6 Å². The Morgan fingerprint density at radius 1 is 1.03 bits per heavy atom. The molecule has 3 aromatic rings. The highest BCUT2D eigenvalue weighted by atomic mass is 32.2. The third kappa shape index (κ3) is 6.30. The number of rotatable bonds is 6. The number of benzene rings is 1. The molecule has 4 N–H and O–H groups in total. The summed E-state index contributed by atoms with van der Waals surface area (Å²) in [5, 5.41) is 10.3. The summed E-state index contributed by atoms with van der Waals surface area (Å²) in [5.41, 5.74) is 1.66. The average molecular weight is 476 g/mol. The van der Waals surface area contributed by atoms with Gasteiger partial charge in [0.1, 0.15) is 17.8 Å². The fourth-order valence-electron chi connectivity index (χ4n) is 2.85. The standard InChI is InChI=1S/C21H19F3N6O2S/c22-21(23,24)12-27-19-18-17(10-7-15(28-18)6-3-13-1-2-13)29-20(30-19)26-11-14-4-8-16(9-5-14)33(25,31)32/h4-5,7-10,13H,1-2,11-12H2,(H2,25,31,32)(H2,26,27,29,30). The van der Waals surface area contributed by atoms with Crippen LogP contribution in [-0.4, -0.2) is 36.1 Å². The maximum Gasteiger partial charge on any atom is 0.405 e. The predicted molar refractivity (Wildman–Crippen MR) is 117 cm³/mol. The van der Waals surface area contributed by atoms with Crippen LogP contribution in [-0.2, 0) is 16.6 Å². The highest BCUT2D eigenvalue weighted by molar-refractivity contribution is 7.89. The molecule has 4 rings (SSSR count). The predicted octanol–water partition coefficient (Wildman–Crippen LogP) is 3.02. The Labute approximate surface area is 187 Å². The van der Waals surface area contributed by atoms with Crippen molar-refractivity contribution in [3.05, 3.63) is 47.7 Å².